The lowest BCUT2D eigenvalue weighted by atomic mass is 9.33. The second kappa shape index (κ2) is 27.0. The third kappa shape index (κ3) is 10.5. The maximum atomic E-state index is 2.65. The molecule has 16 aromatic carbocycles. The highest BCUT2D eigenvalue weighted by Gasteiger charge is 2.49. The van der Waals surface area contributed by atoms with Crippen LogP contribution in [0.3, 0.4) is 0 Å². The van der Waals surface area contributed by atoms with Crippen molar-refractivity contribution in [3.63, 3.8) is 0 Å². The summed E-state index contributed by atoms with van der Waals surface area (Å²) in [5.41, 5.74) is 13.6. The van der Waals surface area contributed by atoms with Gasteiger partial charge in [0.1, 0.15) is 0 Å². The first-order valence-electron chi connectivity index (χ1n) is 35.8. The lowest BCUT2D eigenvalue weighted by molar-refractivity contribution is 1.23. The summed E-state index contributed by atoms with van der Waals surface area (Å²) in [5, 5.41) is 16.0. The van der Waals surface area contributed by atoms with Crippen molar-refractivity contribution in [2.75, 3.05) is 14.7 Å². The topological polar surface area (TPSA) is 9.72 Å². The molecule has 0 unspecified atom stereocenters. The predicted molar refractivity (Wildman–Crippen MR) is 446 cm³/mol. The fourth-order valence-corrected chi connectivity index (χ4v) is 31.6. The van der Waals surface area contributed by atoms with Crippen molar-refractivity contribution < 1.29 is 0 Å². The molecule has 16 aromatic rings. The van der Waals surface area contributed by atoms with Crippen molar-refractivity contribution in [2.24, 2.45) is 0 Å². The number of benzene rings is 16. The second-order valence-electron chi connectivity index (χ2n) is 27.0. The van der Waals surface area contributed by atoms with Gasteiger partial charge in [-0.1, -0.05) is 364 Å². The zero-order chi connectivity index (χ0) is 68.6. The van der Waals surface area contributed by atoms with Crippen molar-refractivity contribution in [3.8, 4) is 0 Å². The van der Waals surface area contributed by atoms with E-state index in [1.807, 2.05) is 0 Å². The van der Waals surface area contributed by atoms with E-state index in [0.717, 1.165) is 51.2 Å². The summed E-state index contributed by atoms with van der Waals surface area (Å²) in [5.74, 6) is 0. The van der Waals surface area contributed by atoms with Gasteiger partial charge in [-0.05, 0) is 151 Å². The first kappa shape index (κ1) is 62.9. The van der Waals surface area contributed by atoms with Gasteiger partial charge in [-0.2, -0.15) is 0 Å². The maximum absolute atomic E-state index is 3.09. The van der Waals surface area contributed by atoms with Gasteiger partial charge in [0.15, 0.2) is 24.2 Å². The second-order valence-corrected chi connectivity index (χ2v) is 38.4. The van der Waals surface area contributed by atoms with Gasteiger partial charge in [0, 0.05) is 45.5 Å². The molecule has 0 saturated carbocycles. The van der Waals surface area contributed by atoms with Gasteiger partial charge in [-0.25, -0.2) is 0 Å². The van der Waals surface area contributed by atoms with Gasteiger partial charge in [0.25, 0.3) is 6.71 Å². The summed E-state index contributed by atoms with van der Waals surface area (Å²) in [6.45, 7) is -0.198. The molecule has 2 aliphatic heterocycles. The summed E-state index contributed by atoms with van der Waals surface area (Å²) >= 11 is 0. The summed E-state index contributed by atoms with van der Waals surface area (Å²) in [6, 6.07) is 165. The Morgan fingerprint density at radius 1 is 0.184 bits per heavy atom. The highest BCUT2D eigenvalue weighted by Crippen LogP contribution is 2.48. The lowest BCUT2D eigenvalue weighted by Gasteiger charge is -2.45. The molecular formula is C96H72BN3Si3. The smallest absolute Gasteiger partial charge is 0.252 e. The molecule has 2 heterocycles. The molecule has 0 aliphatic carbocycles. The SMILES string of the molecule is c1ccc(N(c2ccccc2)c2cc3c4c(c2)N(c2ccc([Si](c5ccccc5)(c5ccccc5)c5ccccc5)cc2)c2ccc([Si](c5ccccc5)(c5ccccc5)c5ccccc5)cc2B4c2ccccc2N3c2ccc([Si](c3ccccc3)(c3ccccc3)c3ccccc3)cc2)cc1. The highest BCUT2D eigenvalue weighted by molar-refractivity contribution is 7.21. The Kier molecular flexibility index (Phi) is 16.4. The monoisotopic (exact) mass is 1360 g/mol. The van der Waals surface area contributed by atoms with Crippen LogP contribution in [0.1, 0.15) is 0 Å². The zero-order valence-electron chi connectivity index (χ0n) is 57.0. The molecule has 0 N–H and O–H groups in total. The minimum Gasteiger partial charge on any atom is -0.311 e. The average Bonchev–Trinajstić information content (AvgIpc) is 0.689. The number of fused-ring (bicyclic) bond motifs is 4. The van der Waals surface area contributed by atoms with Gasteiger partial charge in [0.05, 0.1) is 5.69 Å². The van der Waals surface area contributed by atoms with Crippen molar-refractivity contribution in [1.29, 1.82) is 0 Å². The molecule has 18 rings (SSSR count). The van der Waals surface area contributed by atoms with Crippen LogP contribution in [0.5, 0.6) is 0 Å². The third-order valence-electron chi connectivity index (χ3n) is 21.7. The minimum atomic E-state index is -3.09. The first-order chi connectivity index (χ1) is 51.1. The summed E-state index contributed by atoms with van der Waals surface area (Å²) < 4.78 is 0. The van der Waals surface area contributed by atoms with Crippen molar-refractivity contribution in [1.82, 2.24) is 0 Å². The summed E-state index contributed by atoms with van der Waals surface area (Å²) in [4.78, 5) is 7.67. The standard InChI is InChI=1S/C96H72BN3Si3/c1-12-36-73(37-13-1)98(74-38-14-2-15-39-74)77-70-94-96-95(71-77)100(76-62-66-88(67-63-76)102(81-46-22-6-23-47-81,82-48-24-7-25-49-82)83-50-26-8-27-51-83)93-69-68-89(103(84-52-28-9-29-53-84,85-54-30-10-31-55-85)86-56-32-11-33-57-86)72-91(93)97(96)90-58-34-35-59-92(90)99(94)75-60-64-87(65-61-75)101(78-40-16-3-17-41-78,79-42-18-4-19-43-79)80-44-20-5-21-45-80/h1-72H. The molecule has 2 aliphatic rings. The Hall–Kier alpha value is -12.4. The van der Waals surface area contributed by atoms with E-state index in [0.29, 0.717) is 0 Å². The highest BCUT2D eigenvalue weighted by atomic mass is 28.3. The van der Waals surface area contributed by atoms with Crippen LogP contribution in [0.25, 0.3) is 0 Å². The lowest BCUT2D eigenvalue weighted by Crippen LogP contribution is -2.75. The van der Waals surface area contributed by atoms with Crippen molar-refractivity contribution >= 4 is 161 Å². The number of rotatable bonds is 17. The molecule has 103 heavy (non-hydrogen) atoms. The van der Waals surface area contributed by atoms with E-state index in [1.54, 1.807) is 0 Å². The van der Waals surface area contributed by atoms with Crippen LogP contribution < -0.4 is 93.3 Å². The van der Waals surface area contributed by atoms with Crippen LogP contribution in [0.4, 0.5) is 51.2 Å². The Balaban J connectivity index is 0.934. The van der Waals surface area contributed by atoms with Gasteiger partial charge in [-0.3, -0.25) is 0 Å². The first-order valence-corrected chi connectivity index (χ1v) is 41.8. The fraction of sp³-hybridized carbons (Fsp3) is 0. The predicted octanol–water partition coefficient (Wildman–Crippen LogP) is 13.4. The van der Waals surface area contributed by atoms with Crippen LogP contribution in [0.2, 0.25) is 0 Å². The van der Waals surface area contributed by atoms with Crippen LogP contribution in [0.15, 0.2) is 437 Å². The van der Waals surface area contributed by atoms with Crippen molar-refractivity contribution in [2.45, 2.75) is 0 Å². The molecular weight excluding hydrogens is 1290 g/mol. The Morgan fingerprint density at radius 3 is 0.738 bits per heavy atom. The number of hydrogen-bond acceptors (Lipinski definition) is 3. The number of anilines is 9. The molecule has 0 fully saturated rings. The third-order valence-corrected chi connectivity index (χ3v) is 36.0. The molecule has 7 heteroatoms. The summed E-state index contributed by atoms with van der Waals surface area (Å²) in [7, 11) is -8.95. The quantitative estimate of drug-likeness (QED) is 0.0664. The van der Waals surface area contributed by atoms with Crippen molar-refractivity contribution in [3.05, 3.63) is 437 Å². The van der Waals surface area contributed by atoms with E-state index < -0.39 is 24.2 Å². The number of hydrogen-bond donors (Lipinski definition) is 0. The van der Waals surface area contributed by atoms with Gasteiger partial charge < -0.3 is 14.7 Å². The van der Waals surface area contributed by atoms with E-state index in [9.17, 15) is 0 Å². The molecule has 0 spiro atoms. The number of nitrogens with zero attached hydrogens (tertiary/aromatic N) is 3. The fourth-order valence-electron chi connectivity index (χ4n) is 17.4. The van der Waals surface area contributed by atoms with E-state index in [1.165, 1.54) is 78.6 Å². The van der Waals surface area contributed by atoms with E-state index in [4.69, 9.17) is 0 Å². The molecule has 486 valence electrons. The van der Waals surface area contributed by atoms with Crippen LogP contribution in [-0.4, -0.2) is 30.9 Å². The molecule has 0 bridgehead atoms. The Labute approximate surface area is 608 Å². The van der Waals surface area contributed by atoms with Gasteiger partial charge in [0.2, 0.25) is 0 Å². The molecule has 0 saturated heterocycles. The molecule has 0 atom stereocenters. The Bertz CT molecular complexity index is 5250. The van der Waals surface area contributed by atoms with E-state index in [-0.39, 0.29) is 6.71 Å². The van der Waals surface area contributed by atoms with E-state index in [2.05, 4.69) is 451 Å². The van der Waals surface area contributed by atoms with E-state index >= 15 is 0 Å². The molecule has 0 aromatic heterocycles. The van der Waals surface area contributed by atoms with Gasteiger partial charge in [-0.15, -0.1) is 0 Å². The van der Waals surface area contributed by atoms with Crippen LogP contribution in [-0.2, 0) is 0 Å². The molecule has 0 amide bonds. The van der Waals surface area contributed by atoms with Crippen LogP contribution >= 0.6 is 0 Å². The summed E-state index contributed by atoms with van der Waals surface area (Å²) in [6.07, 6.45) is 0. The average molecular weight is 1360 g/mol. The normalized spacial score (nSPS) is 12.4. The van der Waals surface area contributed by atoms with Gasteiger partial charge >= 0.3 is 0 Å². The minimum absolute atomic E-state index is 0.198. The number of para-hydroxylation sites is 3. The Morgan fingerprint density at radius 2 is 0.427 bits per heavy atom. The zero-order valence-corrected chi connectivity index (χ0v) is 60.0. The molecule has 0 radical (unpaired) electrons. The largest absolute Gasteiger partial charge is 0.311 e. The van der Waals surface area contributed by atoms with Crippen LogP contribution in [0, 0.1) is 0 Å². The maximum Gasteiger partial charge on any atom is 0.252 e. The molecule has 3 nitrogen and oxygen atoms in total.